The van der Waals surface area contributed by atoms with Crippen molar-refractivity contribution in [3.8, 4) is 0 Å². The molecule has 2 saturated heterocycles. The highest BCUT2D eigenvalue weighted by Crippen LogP contribution is 2.44. The maximum Gasteiger partial charge on any atom is 0.408 e. The summed E-state index contributed by atoms with van der Waals surface area (Å²) in [5.74, 6) is -2.90. The number of carbonyl (C=O) groups excluding carboxylic acids is 5. The van der Waals surface area contributed by atoms with Crippen molar-refractivity contribution in [2.75, 3.05) is 6.54 Å². The van der Waals surface area contributed by atoms with E-state index in [1.165, 1.54) is 4.90 Å². The number of Topliss-reactive ketones (excluding diaryl/α,β-unsaturated/α-hetero) is 1. The van der Waals surface area contributed by atoms with Crippen LogP contribution in [0.4, 0.5) is 4.79 Å². The van der Waals surface area contributed by atoms with Gasteiger partial charge >= 0.3 is 6.09 Å². The lowest BCUT2D eigenvalue weighted by molar-refractivity contribution is -0.144. The van der Waals surface area contributed by atoms with E-state index in [1.807, 2.05) is 13.8 Å². The van der Waals surface area contributed by atoms with Crippen molar-refractivity contribution in [1.82, 2.24) is 15.5 Å². The van der Waals surface area contributed by atoms with Gasteiger partial charge in [-0.05, 0) is 72.1 Å². The van der Waals surface area contributed by atoms with E-state index in [-0.39, 0.29) is 36.3 Å². The maximum absolute atomic E-state index is 14.2. The van der Waals surface area contributed by atoms with Crippen LogP contribution in [0.2, 0.25) is 0 Å². The molecule has 11 nitrogen and oxygen atoms in total. The van der Waals surface area contributed by atoms with Crippen molar-refractivity contribution in [2.24, 2.45) is 23.5 Å². The van der Waals surface area contributed by atoms with Crippen LogP contribution in [0.3, 0.4) is 0 Å². The molecule has 2 saturated carbocycles. The zero-order valence-electron chi connectivity index (χ0n) is 24.5. The standard InChI is InChI=1S/C29H46N4O7/c1-28(2,3)40-27(38)32-21(17-9-7-6-8-10-17)26(37)33-15-20-18(14-29(4,5)39-20)22(33)25(36)31-19(13-16-11-12-16)23(34)24(30)35/h16-22H,6-15H2,1-5H3,(H2,30,35)(H,31,36)(H,32,38)/t18?,19?,20?,21-,22?/m0/s1. The molecule has 2 heterocycles. The third-order valence-corrected chi connectivity index (χ3v) is 8.55. The molecule has 2 aliphatic carbocycles. The van der Waals surface area contributed by atoms with Gasteiger partial charge in [0.1, 0.15) is 17.7 Å². The van der Waals surface area contributed by atoms with Gasteiger partial charge in [0.2, 0.25) is 17.6 Å². The van der Waals surface area contributed by atoms with E-state index in [9.17, 15) is 24.0 Å². The molecule has 2 aliphatic heterocycles. The number of ether oxygens (including phenoxy) is 2. The number of carbonyl (C=O) groups is 5. The summed E-state index contributed by atoms with van der Waals surface area (Å²) < 4.78 is 11.7. The molecule has 4 amide bonds. The lowest BCUT2D eigenvalue weighted by Crippen LogP contribution is -2.59. The molecule has 4 unspecified atom stereocenters. The minimum atomic E-state index is -1.09. The number of likely N-dealkylation sites (tertiary alicyclic amines) is 1. The van der Waals surface area contributed by atoms with E-state index < -0.39 is 53.0 Å². The normalized spacial score (nSPS) is 27.8. The number of ketones is 1. The highest BCUT2D eigenvalue weighted by molar-refractivity contribution is 6.37. The molecular formula is C29H46N4O7. The number of fused-ring (bicyclic) bond motifs is 1. The monoisotopic (exact) mass is 562 g/mol. The Balaban J connectivity index is 1.60. The predicted octanol–water partition coefficient (Wildman–Crippen LogP) is 2.19. The molecular weight excluding hydrogens is 516 g/mol. The molecule has 0 radical (unpaired) electrons. The fourth-order valence-corrected chi connectivity index (χ4v) is 6.64. The van der Waals surface area contributed by atoms with E-state index in [2.05, 4.69) is 10.6 Å². The molecule has 4 aliphatic rings. The number of hydrogen-bond acceptors (Lipinski definition) is 7. The highest BCUT2D eigenvalue weighted by atomic mass is 16.6. The summed E-state index contributed by atoms with van der Waals surface area (Å²) in [5.41, 5.74) is 4.08. The van der Waals surface area contributed by atoms with Crippen LogP contribution >= 0.6 is 0 Å². The van der Waals surface area contributed by atoms with Crippen molar-refractivity contribution >= 4 is 29.6 Å². The number of alkyl carbamates (subject to hydrolysis) is 1. The van der Waals surface area contributed by atoms with Gasteiger partial charge in [-0.2, -0.15) is 0 Å². The minimum absolute atomic E-state index is 0.0886. The van der Waals surface area contributed by atoms with Crippen LogP contribution in [0.1, 0.15) is 92.4 Å². The van der Waals surface area contributed by atoms with Crippen LogP contribution in [0, 0.1) is 17.8 Å². The van der Waals surface area contributed by atoms with E-state index >= 15 is 0 Å². The SMILES string of the molecule is CC(C)(C)OC(=O)N[C@H](C(=O)N1CC2OC(C)(C)CC2C1C(=O)NC(CC1CC1)C(=O)C(N)=O)C1CCCCC1. The second kappa shape index (κ2) is 11.7. The van der Waals surface area contributed by atoms with Crippen LogP contribution in [-0.2, 0) is 28.7 Å². The second-order valence-electron chi connectivity index (χ2n) is 13.7. The molecule has 4 fully saturated rings. The quantitative estimate of drug-likeness (QED) is 0.364. The first-order valence-electron chi connectivity index (χ1n) is 14.8. The fraction of sp³-hybridized carbons (Fsp3) is 0.828. The van der Waals surface area contributed by atoms with Gasteiger partial charge in [-0.3, -0.25) is 19.2 Å². The van der Waals surface area contributed by atoms with Crippen LogP contribution in [0.5, 0.6) is 0 Å². The lowest BCUT2D eigenvalue weighted by Gasteiger charge is -2.36. The molecule has 4 rings (SSSR count). The second-order valence-corrected chi connectivity index (χ2v) is 13.7. The lowest BCUT2D eigenvalue weighted by atomic mass is 9.83. The number of nitrogens with zero attached hydrogens (tertiary/aromatic N) is 1. The van der Waals surface area contributed by atoms with Gasteiger partial charge in [0.05, 0.1) is 17.7 Å². The maximum atomic E-state index is 14.2. The Morgan fingerprint density at radius 2 is 1.68 bits per heavy atom. The van der Waals surface area contributed by atoms with Crippen molar-refractivity contribution in [2.45, 2.75) is 128 Å². The van der Waals surface area contributed by atoms with E-state index in [4.69, 9.17) is 15.2 Å². The van der Waals surface area contributed by atoms with E-state index in [1.54, 1.807) is 20.8 Å². The molecule has 40 heavy (non-hydrogen) atoms. The Morgan fingerprint density at radius 1 is 1.02 bits per heavy atom. The summed E-state index contributed by atoms with van der Waals surface area (Å²) in [5, 5.41) is 5.61. The smallest absolute Gasteiger partial charge is 0.408 e. The fourth-order valence-electron chi connectivity index (χ4n) is 6.64. The number of rotatable bonds is 9. The number of primary amides is 1. The number of nitrogens with one attached hydrogen (secondary N) is 2. The van der Waals surface area contributed by atoms with Crippen molar-refractivity contribution in [1.29, 1.82) is 0 Å². The van der Waals surface area contributed by atoms with Gasteiger partial charge in [-0.1, -0.05) is 32.1 Å². The van der Waals surface area contributed by atoms with Crippen molar-refractivity contribution in [3.05, 3.63) is 0 Å². The van der Waals surface area contributed by atoms with Crippen molar-refractivity contribution < 1.29 is 33.4 Å². The third-order valence-electron chi connectivity index (χ3n) is 8.55. The van der Waals surface area contributed by atoms with Gasteiger partial charge in [0, 0.05) is 12.5 Å². The molecule has 224 valence electrons. The Morgan fingerprint density at radius 3 is 2.25 bits per heavy atom. The summed E-state index contributed by atoms with van der Waals surface area (Å²) in [7, 11) is 0. The zero-order valence-corrected chi connectivity index (χ0v) is 24.5. The van der Waals surface area contributed by atoms with Gasteiger partial charge in [0.25, 0.3) is 5.91 Å². The molecule has 0 bridgehead atoms. The van der Waals surface area contributed by atoms with Crippen LogP contribution in [-0.4, -0.2) is 76.5 Å². The molecule has 0 aromatic heterocycles. The largest absolute Gasteiger partial charge is 0.444 e. The Hall–Kier alpha value is -2.69. The van der Waals surface area contributed by atoms with E-state index in [0.717, 1.165) is 44.9 Å². The summed E-state index contributed by atoms with van der Waals surface area (Å²) in [6.45, 7) is 9.38. The van der Waals surface area contributed by atoms with Crippen LogP contribution in [0.25, 0.3) is 0 Å². The van der Waals surface area contributed by atoms with Gasteiger partial charge in [-0.25, -0.2) is 4.79 Å². The first-order valence-corrected chi connectivity index (χ1v) is 14.8. The summed E-state index contributed by atoms with van der Waals surface area (Å²) in [6.07, 6.45) is 6.25. The number of amides is 4. The Kier molecular flexibility index (Phi) is 8.82. The Labute approximate surface area is 236 Å². The first-order chi connectivity index (χ1) is 18.6. The minimum Gasteiger partial charge on any atom is -0.444 e. The molecule has 0 aromatic carbocycles. The molecule has 5 atom stereocenters. The number of hydrogen-bond donors (Lipinski definition) is 3. The topological polar surface area (TPSA) is 157 Å². The molecule has 0 aromatic rings. The number of nitrogens with two attached hydrogens (primary N) is 1. The van der Waals surface area contributed by atoms with Gasteiger partial charge in [-0.15, -0.1) is 0 Å². The summed E-state index contributed by atoms with van der Waals surface area (Å²) in [6, 6.07) is -2.79. The molecule has 4 N–H and O–H groups in total. The first kappa shape index (κ1) is 30.3. The van der Waals surface area contributed by atoms with E-state index in [0.29, 0.717) is 12.8 Å². The van der Waals surface area contributed by atoms with Gasteiger partial charge in [0.15, 0.2) is 0 Å². The zero-order chi connectivity index (χ0) is 29.4. The van der Waals surface area contributed by atoms with Crippen molar-refractivity contribution in [3.63, 3.8) is 0 Å². The highest BCUT2D eigenvalue weighted by Gasteiger charge is 2.56. The molecule has 0 spiro atoms. The van der Waals surface area contributed by atoms with Crippen LogP contribution < -0.4 is 16.4 Å². The summed E-state index contributed by atoms with van der Waals surface area (Å²) >= 11 is 0. The third kappa shape index (κ3) is 7.33. The average Bonchev–Trinajstić information content (AvgIpc) is 3.53. The Bertz CT molecular complexity index is 1010. The van der Waals surface area contributed by atoms with Gasteiger partial charge < -0.3 is 30.7 Å². The van der Waals surface area contributed by atoms with Crippen LogP contribution in [0.15, 0.2) is 0 Å². The predicted molar refractivity (Wildman–Crippen MR) is 146 cm³/mol. The summed E-state index contributed by atoms with van der Waals surface area (Å²) in [4.78, 5) is 66.8. The average molecular weight is 563 g/mol. The molecule has 11 heteroatoms.